The highest BCUT2D eigenvalue weighted by molar-refractivity contribution is 6.01. The fraction of sp³-hybridized carbons (Fsp3) is 0.476. The van der Waals surface area contributed by atoms with Gasteiger partial charge in [0.05, 0.1) is 11.9 Å². The first-order valence-corrected chi connectivity index (χ1v) is 9.09. The molecule has 0 amide bonds. The van der Waals surface area contributed by atoms with Crippen molar-refractivity contribution in [3.8, 4) is 0 Å². The molecule has 0 saturated heterocycles. The largest absolute Gasteiger partial charge is 0.545 e. The van der Waals surface area contributed by atoms with Crippen molar-refractivity contribution in [2.24, 2.45) is 5.92 Å². The topological polar surface area (TPSA) is 97.3 Å². The summed E-state index contributed by atoms with van der Waals surface area (Å²) >= 11 is 0. The average Bonchev–Trinajstić information content (AvgIpc) is 2.61. The Morgan fingerprint density at radius 3 is 2.08 bits per heavy atom. The summed E-state index contributed by atoms with van der Waals surface area (Å²) in [4.78, 5) is 35.3. The summed E-state index contributed by atoms with van der Waals surface area (Å²) in [6.45, 7) is 3.98. The van der Waals surface area contributed by atoms with Gasteiger partial charge in [-0.25, -0.2) is 0 Å². The van der Waals surface area contributed by atoms with Crippen molar-refractivity contribution in [1.29, 1.82) is 0 Å². The van der Waals surface area contributed by atoms with E-state index in [1.54, 1.807) is 24.3 Å². The molecule has 0 spiro atoms. The second-order valence-corrected chi connectivity index (χ2v) is 6.53. The molecule has 0 N–H and O–H groups in total. The molecule has 0 heterocycles. The smallest absolute Gasteiger partial charge is 0.141 e. The van der Waals surface area contributed by atoms with Crippen molar-refractivity contribution in [3.63, 3.8) is 0 Å². The van der Waals surface area contributed by atoms with Crippen LogP contribution in [0, 0.1) is 5.92 Å². The Bertz CT molecular complexity index is 646. The van der Waals surface area contributed by atoms with Gasteiger partial charge >= 0.3 is 0 Å². The van der Waals surface area contributed by atoms with Gasteiger partial charge in [-0.3, -0.25) is 4.79 Å². The number of carboxylic acids is 2. The van der Waals surface area contributed by atoms with Crippen LogP contribution in [0.4, 0.5) is 0 Å². The molecule has 0 aliphatic heterocycles. The second kappa shape index (κ2) is 11.2. The average molecular weight is 358 g/mol. The molecule has 5 heteroatoms. The van der Waals surface area contributed by atoms with Gasteiger partial charge in [0.15, 0.2) is 0 Å². The van der Waals surface area contributed by atoms with Crippen molar-refractivity contribution < 1.29 is 24.6 Å². The number of hydrogen-bond acceptors (Lipinski definition) is 5. The van der Waals surface area contributed by atoms with Crippen LogP contribution in [0.15, 0.2) is 41.5 Å². The minimum absolute atomic E-state index is 0.0430. The first-order chi connectivity index (χ1) is 12.4. The van der Waals surface area contributed by atoms with Crippen molar-refractivity contribution >= 4 is 17.7 Å². The number of hydrogen-bond donors (Lipinski definition) is 0. The molecule has 0 aromatic heterocycles. The van der Waals surface area contributed by atoms with E-state index in [1.807, 2.05) is 19.9 Å². The molecule has 1 aromatic rings. The maximum atomic E-state index is 12.2. The minimum Gasteiger partial charge on any atom is -0.545 e. The van der Waals surface area contributed by atoms with E-state index in [2.05, 4.69) is 0 Å². The first-order valence-electron chi connectivity index (χ1n) is 9.09. The molecule has 142 valence electrons. The summed E-state index contributed by atoms with van der Waals surface area (Å²) in [6, 6.07) is 8.90. The molecule has 26 heavy (non-hydrogen) atoms. The highest BCUT2D eigenvalue weighted by Gasteiger charge is 2.18. The third-order valence-corrected chi connectivity index (χ3v) is 4.51. The van der Waals surface area contributed by atoms with Crippen molar-refractivity contribution in [2.75, 3.05) is 0 Å². The van der Waals surface area contributed by atoms with Gasteiger partial charge in [0.2, 0.25) is 0 Å². The van der Waals surface area contributed by atoms with E-state index in [9.17, 15) is 24.6 Å². The van der Waals surface area contributed by atoms with Crippen molar-refractivity contribution in [3.05, 3.63) is 47.0 Å². The minimum atomic E-state index is -1.61. The zero-order chi connectivity index (χ0) is 19.5. The Hall–Kier alpha value is -2.43. The Kier molecular flexibility index (Phi) is 9.34. The molecule has 0 fully saturated rings. The summed E-state index contributed by atoms with van der Waals surface area (Å²) in [6.07, 6.45) is 3.11. The predicted molar refractivity (Wildman–Crippen MR) is 94.7 cm³/mol. The van der Waals surface area contributed by atoms with Crippen LogP contribution < -0.4 is 10.2 Å². The van der Waals surface area contributed by atoms with Gasteiger partial charge < -0.3 is 19.8 Å². The van der Waals surface area contributed by atoms with Gasteiger partial charge in [0, 0.05) is 12.8 Å². The van der Waals surface area contributed by atoms with Crippen LogP contribution in [-0.4, -0.2) is 17.7 Å². The lowest BCUT2D eigenvalue weighted by molar-refractivity contribution is -0.304. The van der Waals surface area contributed by atoms with E-state index < -0.39 is 23.9 Å². The maximum Gasteiger partial charge on any atom is 0.141 e. The number of carbonyl (C=O) groups is 3. The molecule has 0 bridgehead atoms. The third-order valence-electron chi connectivity index (χ3n) is 4.51. The van der Waals surface area contributed by atoms with E-state index >= 15 is 0 Å². The summed E-state index contributed by atoms with van der Waals surface area (Å²) in [5.41, 5.74) is -0.0187. The van der Waals surface area contributed by atoms with Gasteiger partial charge in [-0.15, -0.1) is 0 Å². The zero-order valence-corrected chi connectivity index (χ0v) is 15.5. The van der Waals surface area contributed by atoms with Gasteiger partial charge in [0.25, 0.3) is 0 Å². The van der Waals surface area contributed by atoms with Crippen LogP contribution >= 0.6 is 0 Å². The Labute approximate surface area is 154 Å². The van der Waals surface area contributed by atoms with Gasteiger partial charge in [-0.1, -0.05) is 69.9 Å². The second-order valence-electron chi connectivity index (χ2n) is 6.53. The quantitative estimate of drug-likeness (QED) is 0.529. The summed E-state index contributed by atoms with van der Waals surface area (Å²) in [5, 5.41) is 23.0. The summed E-state index contributed by atoms with van der Waals surface area (Å²) in [5.74, 6) is -3.47. The lowest BCUT2D eigenvalue weighted by Gasteiger charge is -2.22. The van der Waals surface area contributed by atoms with E-state index in [1.165, 1.54) is 0 Å². The molecule has 5 nitrogen and oxygen atoms in total. The van der Waals surface area contributed by atoms with E-state index in [4.69, 9.17) is 0 Å². The van der Waals surface area contributed by atoms with Gasteiger partial charge in [-0.05, 0) is 29.0 Å². The number of carboxylic acid groups (broad SMARTS) is 2. The standard InChI is InChI=1S/C21H28O5/c1-3-5-9-15(4-2)13-18(20(23)24)19(21(25)26)14-17(22)12-16-10-7-6-8-11-16/h6-8,10-11,15H,3-5,9,12-14H2,1-2H3,(H,23,24)(H,25,26)/p-2/b19-18+. The molecule has 1 rings (SSSR count). The fourth-order valence-corrected chi connectivity index (χ4v) is 2.95. The van der Waals surface area contributed by atoms with Crippen molar-refractivity contribution in [2.45, 2.75) is 58.8 Å². The number of ketones is 1. The molecule has 1 atom stereocenters. The fourth-order valence-electron chi connectivity index (χ4n) is 2.95. The number of aliphatic carboxylic acids is 2. The molecule has 1 unspecified atom stereocenters. The van der Waals surface area contributed by atoms with Gasteiger partial charge in [0.1, 0.15) is 5.78 Å². The lowest BCUT2D eigenvalue weighted by Crippen LogP contribution is -2.33. The van der Waals surface area contributed by atoms with E-state index in [0.29, 0.717) is 0 Å². The number of benzene rings is 1. The maximum absolute atomic E-state index is 12.2. The molecule has 0 radical (unpaired) electrons. The molecule has 0 saturated carbocycles. The third kappa shape index (κ3) is 7.21. The monoisotopic (exact) mass is 358 g/mol. The Morgan fingerprint density at radius 1 is 0.962 bits per heavy atom. The summed E-state index contributed by atoms with van der Waals surface area (Å²) in [7, 11) is 0. The van der Waals surface area contributed by atoms with Crippen LogP contribution in [0.5, 0.6) is 0 Å². The molecule has 0 aliphatic carbocycles. The van der Waals surface area contributed by atoms with Crippen LogP contribution in [0.3, 0.4) is 0 Å². The van der Waals surface area contributed by atoms with Crippen LogP contribution in [0.25, 0.3) is 0 Å². The molecular formula is C21H26O5-2. The number of Topliss-reactive ketones (excluding diaryl/α,β-unsaturated/α-hetero) is 1. The van der Waals surface area contributed by atoms with Crippen LogP contribution in [0.1, 0.15) is 57.9 Å². The lowest BCUT2D eigenvalue weighted by atomic mass is 9.88. The number of rotatable bonds is 12. The predicted octanol–water partition coefficient (Wildman–Crippen LogP) is 1.59. The van der Waals surface area contributed by atoms with Gasteiger partial charge in [-0.2, -0.15) is 0 Å². The normalized spacial score (nSPS) is 13.0. The van der Waals surface area contributed by atoms with Crippen molar-refractivity contribution in [1.82, 2.24) is 0 Å². The molecule has 0 aliphatic rings. The SMILES string of the molecule is CCCCC(CC)C/C(C(=O)[O-])=C(/CC(=O)Cc1ccccc1)C(=O)[O-]. The van der Waals surface area contributed by atoms with E-state index in [0.717, 1.165) is 31.2 Å². The highest BCUT2D eigenvalue weighted by atomic mass is 16.4. The zero-order valence-electron chi connectivity index (χ0n) is 15.5. The molecule has 1 aromatic carbocycles. The highest BCUT2D eigenvalue weighted by Crippen LogP contribution is 2.24. The number of carbonyl (C=O) groups excluding carboxylic acids is 3. The number of unbranched alkanes of at least 4 members (excludes halogenated alkanes) is 1. The van der Waals surface area contributed by atoms with E-state index in [-0.39, 0.29) is 30.1 Å². The Balaban J connectivity index is 3.00. The summed E-state index contributed by atoms with van der Waals surface area (Å²) < 4.78 is 0. The Morgan fingerprint density at radius 2 is 1.58 bits per heavy atom. The van der Waals surface area contributed by atoms with Crippen LogP contribution in [-0.2, 0) is 20.8 Å². The first kappa shape index (κ1) is 21.6. The molecular weight excluding hydrogens is 332 g/mol. The van der Waals surface area contributed by atoms with Crippen LogP contribution in [0.2, 0.25) is 0 Å².